The number of rotatable bonds is 0. The van der Waals surface area contributed by atoms with Crippen LogP contribution in [0.25, 0.3) is 0 Å². The summed E-state index contributed by atoms with van der Waals surface area (Å²) in [5.74, 6) is 0. The fourth-order valence-corrected chi connectivity index (χ4v) is 4.10. The van der Waals surface area contributed by atoms with Crippen molar-refractivity contribution in [1.82, 2.24) is 10.2 Å². The minimum absolute atomic E-state index is 0.565. The van der Waals surface area contributed by atoms with E-state index in [4.69, 9.17) is 0 Å². The molecule has 2 nitrogen and oxygen atoms in total. The predicted octanol–water partition coefficient (Wildman–Crippen LogP) is 2.15. The molecule has 1 aliphatic carbocycles. The molecule has 2 aliphatic heterocycles. The average molecular weight is 208 g/mol. The Kier molecular flexibility index (Phi) is 2.73. The van der Waals surface area contributed by atoms with Gasteiger partial charge in [0.15, 0.2) is 0 Å². The van der Waals surface area contributed by atoms with Crippen molar-refractivity contribution >= 4 is 0 Å². The number of hydrogen-bond donors (Lipinski definition) is 1. The van der Waals surface area contributed by atoms with Gasteiger partial charge < -0.3 is 5.32 Å². The lowest BCUT2D eigenvalue weighted by Crippen LogP contribution is -2.63. The molecule has 1 atom stereocenters. The van der Waals surface area contributed by atoms with Crippen molar-refractivity contribution in [2.75, 3.05) is 19.6 Å². The second kappa shape index (κ2) is 4.06. The molecule has 3 rings (SSSR count). The third-order valence-corrected chi connectivity index (χ3v) is 4.85. The summed E-state index contributed by atoms with van der Waals surface area (Å²) >= 11 is 0. The molecule has 86 valence electrons. The quantitative estimate of drug-likeness (QED) is 0.656. The van der Waals surface area contributed by atoms with Crippen LogP contribution in [0.3, 0.4) is 0 Å². The smallest absolute Gasteiger partial charge is 0.0337 e. The molecular weight excluding hydrogens is 184 g/mol. The third kappa shape index (κ3) is 1.72. The fraction of sp³-hybridized carbons (Fsp3) is 1.00. The Morgan fingerprint density at radius 1 is 1.00 bits per heavy atom. The molecule has 2 heteroatoms. The maximum atomic E-state index is 3.70. The molecule has 15 heavy (non-hydrogen) atoms. The highest BCUT2D eigenvalue weighted by Gasteiger charge is 2.44. The third-order valence-electron chi connectivity index (χ3n) is 4.85. The van der Waals surface area contributed by atoms with Gasteiger partial charge in [-0.2, -0.15) is 0 Å². The van der Waals surface area contributed by atoms with Crippen molar-refractivity contribution in [3.8, 4) is 0 Å². The average Bonchev–Trinajstić information content (AvgIpc) is 2.62. The molecule has 0 bridgehead atoms. The minimum Gasteiger partial charge on any atom is -0.313 e. The summed E-state index contributed by atoms with van der Waals surface area (Å²) in [5.41, 5.74) is 0.565. The number of hydrogen-bond acceptors (Lipinski definition) is 2. The van der Waals surface area contributed by atoms with Crippen LogP contribution in [0, 0.1) is 0 Å². The normalized spacial score (nSPS) is 36.4. The Balaban J connectivity index is 1.80. The van der Waals surface area contributed by atoms with Crippen LogP contribution in [0.5, 0.6) is 0 Å². The highest BCUT2D eigenvalue weighted by atomic mass is 15.3. The molecule has 2 heterocycles. The molecule has 0 aromatic heterocycles. The molecule has 0 aromatic carbocycles. The first-order valence-corrected chi connectivity index (χ1v) is 6.88. The Morgan fingerprint density at radius 2 is 1.80 bits per heavy atom. The van der Waals surface area contributed by atoms with Gasteiger partial charge in [0.05, 0.1) is 0 Å². The molecule has 3 fully saturated rings. The van der Waals surface area contributed by atoms with E-state index in [1.54, 1.807) is 0 Å². The second-order valence-corrected chi connectivity index (χ2v) is 5.76. The van der Waals surface area contributed by atoms with Crippen molar-refractivity contribution in [2.45, 2.75) is 62.9 Å². The summed E-state index contributed by atoms with van der Waals surface area (Å²) in [7, 11) is 0. The van der Waals surface area contributed by atoms with Gasteiger partial charge in [0.25, 0.3) is 0 Å². The predicted molar refractivity (Wildman–Crippen MR) is 63.0 cm³/mol. The van der Waals surface area contributed by atoms with E-state index in [2.05, 4.69) is 10.2 Å². The van der Waals surface area contributed by atoms with E-state index in [0.717, 1.165) is 6.04 Å². The van der Waals surface area contributed by atoms with Gasteiger partial charge in [-0.05, 0) is 32.2 Å². The number of nitrogens with zero attached hydrogens (tertiary/aromatic N) is 1. The van der Waals surface area contributed by atoms with Gasteiger partial charge in [-0.3, -0.25) is 4.90 Å². The molecule has 2 saturated heterocycles. The van der Waals surface area contributed by atoms with Gasteiger partial charge in [0, 0.05) is 24.7 Å². The van der Waals surface area contributed by atoms with E-state index in [-0.39, 0.29) is 0 Å². The highest BCUT2D eigenvalue weighted by Crippen LogP contribution is 2.38. The lowest BCUT2D eigenvalue weighted by molar-refractivity contribution is 0.0294. The summed E-state index contributed by atoms with van der Waals surface area (Å²) in [6.45, 7) is 3.90. The maximum absolute atomic E-state index is 3.70. The number of fused-ring (bicyclic) bond motifs is 2. The number of nitrogens with one attached hydrogen (secondary N) is 1. The second-order valence-electron chi connectivity index (χ2n) is 5.76. The molecule has 0 unspecified atom stereocenters. The molecule has 0 aromatic rings. The van der Waals surface area contributed by atoms with Crippen LogP contribution in [0.4, 0.5) is 0 Å². The summed E-state index contributed by atoms with van der Waals surface area (Å²) in [6.07, 6.45) is 11.7. The Morgan fingerprint density at radius 3 is 2.60 bits per heavy atom. The minimum atomic E-state index is 0.565. The molecular formula is C13H24N2. The van der Waals surface area contributed by atoms with E-state index in [9.17, 15) is 0 Å². The molecule has 1 N–H and O–H groups in total. The summed E-state index contributed by atoms with van der Waals surface area (Å²) in [6, 6.07) is 0.872. The van der Waals surface area contributed by atoms with Crippen molar-refractivity contribution < 1.29 is 0 Å². The van der Waals surface area contributed by atoms with Gasteiger partial charge in [-0.15, -0.1) is 0 Å². The zero-order valence-electron chi connectivity index (χ0n) is 9.80. The van der Waals surface area contributed by atoms with E-state index in [0.29, 0.717) is 5.54 Å². The number of piperazine rings is 1. The van der Waals surface area contributed by atoms with Crippen LogP contribution in [0.1, 0.15) is 51.4 Å². The Hall–Kier alpha value is -0.0800. The van der Waals surface area contributed by atoms with Crippen LogP contribution in [0.2, 0.25) is 0 Å². The van der Waals surface area contributed by atoms with Gasteiger partial charge in [-0.1, -0.05) is 25.7 Å². The van der Waals surface area contributed by atoms with E-state index < -0.39 is 0 Å². The van der Waals surface area contributed by atoms with E-state index >= 15 is 0 Å². The van der Waals surface area contributed by atoms with Crippen molar-refractivity contribution in [2.24, 2.45) is 0 Å². The van der Waals surface area contributed by atoms with Crippen LogP contribution in [0.15, 0.2) is 0 Å². The monoisotopic (exact) mass is 208 g/mol. The van der Waals surface area contributed by atoms with Crippen molar-refractivity contribution in [3.63, 3.8) is 0 Å². The van der Waals surface area contributed by atoms with Crippen LogP contribution >= 0.6 is 0 Å². The molecule has 0 amide bonds. The zero-order valence-corrected chi connectivity index (χ0v) is 9.80. The van der Waals surface area contributed by atoms with Crippen molar-refractivity contribution in [3.05, 3.63) is 0 Å². The molecule has 1 spiro atoms. The molecule has 0 radical (unpaired) electrons. The van der Waals surface area contributed by atoms with Crippen molar-refractivity contribution in [1.29, 1.82) is 0 Å². The fourth-order valence-electron chi connectivity index (χ4n) is 4.10. The summed E-state index contributed by atoms with van der Waals surface area (Å²) in [5, 5.41) is 3.70. The van der Waals surface area contributed by atoms with Crippen LogP contribution in [-0.4, -0.2) is 36.1 Å². The van der Waals surface area contributed by atoms with E-state index in [1.165, 1.54) is 71.0 Å². The first kappa shape index (κ1) is 10.1. The summed E-state index contributed by atoms with van der Waals surface area (Å²) < 4.78 is 0. The maximum Gasteiger partial charge on any atom is 0.0337 e. The van der Waals surface area contributed by atoms with Gasteiger partial charge in [0.1, 0.15) is 0 Å². The zero-order chi connectivity index (χ0) is 10.1. The lowest BCUT2D eigenvalue weighted by Gasteiger charge is -2.49. The van der Waals surface area contributed by atoms with Gasteiger partial charge >= 0.3 is 0 Å². The Bertz CT molecular complexity index is 219. The van der Waals surface area contributed by atoms with Crippen LogP contribution < -0.4 is 5.32 Å². The highest BCUT2D eigenvalue weighted by molar-refractivity contribution is 5.02. The van der Waals surface area contributed by atoms with Gasteiger partial charge in [0.2, 0.25) is 0 Å². The lowest BCUT2D eigenvalue weighted by atomic mass is 9.85. The SMILES string of the molecule is C1CCCC2(CC1)CNC[C@H]1CCCN12. The first-order chi connectivity index (χ1) is 7.41. The summed E-state index contributed by atoms with van der Waals surface area (Å²) in [4.78, 5) is 2.88. The molecule has 1 saturated carbocycles. The topological polar surface area (TPSA) is 15.3 Å². The standard InChI is InChI=1S/C13H24N2/c1-2-4-8-13(7-3-1)11-14-10-12-6-5-9-15(12)13/h12,14H,1-11H2/t12-/m1/s1. The van der Waals surface area contributed by atoms with E-state index in [1.807, 2.05) is 0 Å². The molecule has 3 aliphatic rings. The van der Waals surface area contributed by atoms with Gasteiger partial charge in [-0.25, -0.2) is 0 Å². The van der Waals surface area contributed by atoms with Crippen LogP contribution in [-0.2, 0) is 0 Å². The first-order valence-electron chi connectivity index (χ1n) is 6.88. The largest absolute Gasteiger partial charge is 0.313 e. The Labute approximate surface area is 93.4 Å².